The minimum Gasteiger partial charge on any atom is -0.445 e. The summed E-state index contributed by atoms with van der Waals surface area (Å²) in [5.41, 5.74) is 1.03. The molecule has 1 saturated heterocycles. The third kappa shape index (κ3) is 1.48. The molecule has 3 rings (SSSR count). The number of benzene rings is 1. The molecule has 1 aliphatic carbocycles. The van der Waals surface area contributed by atoms with Crippen molar-refractivity contribution < 1.29 is 9.53 Å². The van der Waals surface area contributed by atoms with Crippen LogP contribution < -0.4 is 0 Å². The van der Waals surface area contributed by atoms with Crippen LogP contribution in [0.5, 0.6) is 0 Å². The normalized spacial score (nSPS) is 25.4. The molecule has 0 radical (unpaired) electrons. The van der Waals surface area contributed by atoms with Crippen LogP contribution in [0.25, 0.3) is 0 Å². The molecule has 0 spiro atoms. The molecule has 3 nitrogen and oxygen atoms in total. The van der Waals surface area contributed by atoms with Gasteiger partial charge in [-0.3, -0.25) is 0 Å². The summed E-state index contributed by atoms with van der Waals surface area (Å²) >= 11 is 0. The Morgan fingerprint density at radius 1 is 1.31 bits per heavy atom. The van der Waals surface area contributed by atoms with E-state index in [1.54, 1.807) is 4.90 Å². The number of ether oxygens (including phenoxy) is 1. The summed E-state index contributed by atoms with van der Waals surface area (Å²) in [7, 11) is 0. The van der Waals surface area contributed by atoms with Gasteiger partial charge in [0.1, 0.15) is 6.61 Å². The molecule has 1 aromatic rings. The van der Waals surface area contributed by atoms with Crippen molar-refractivity contribution in [2.24, 2.45) is 5.92 Å². The second kappa shape index (κ2) is 3.67. The fourth-order valence-electron chi connectivity index (χ4n) is 2.08. The van der Waals surface area contributed by atoms with Crippen LogP contribution in [0, 0.1) is 5.92 Å². The van der Waals surface area contributed by atoms with Gasteiger partial charge in [-0.05, 0) is 5.56 Å². The van der Waals surface area contributed by atoms with Gasteiger partial charge in [-0.1, -0.05) is 42.5 Å². The Morgan fingerprint density at radius 3 is 2.69 bits per heavy atom. The number of rotatable bonds is 2. The number of hydrogen-bond acceptors (Lipinski definition) is 2. The predicted molar refractivity (Wildman–Crippen MR) is 59.8 cm³/mol. The van der Waals surface area contributed by atoms with Crippen LogP contribution >= 0.6 is 0 Å². The second-order valence-electron chi connectivity index (χ2n) is 4.23. The van der Waals surface area contributed by atoms with Gasteiger partial charge in [0.2, 0.25) is 0 Å². The molecule has 1 aliphatic heterocycles. The minimum atomic E-state index is -0.200. The fourth-order valence-corrected chi connectivity index (χ4v) is 2.08. The Bertz CT molecular complexity index is 427. The van der Waals surface area contributed by atoms with E-state index in [4.69, 9.17) is 4.74 Å². The van der Waals surface area contributed by atoms with Gasteiger partial charge >= 0.3 is 6.09 Å². The molecule has 3 heteroatoms. The van der Waals surface area contributed by atoms with Crippen LogP contribution in [-0.2, 0) is 11.3 Å². The topological polar surface area (TPSA) is 29.5 Å². The van der Waals surface area contributed by atoms with Crippen LogP contribution in [0.1, 0.15) is 5.56 Å². The number of carbonyl (C=O) groups is 1. The molecule has 2 atom stereocenters. The summed E-state index contributed by atoms with van der Waals surface area (Å²) in [5.74, 6) is 0.587. The van der Waals surface area contributed by atoms with Gasteiger partial charge in [-0.2, -0.15) is 0 Å². The highest BCUT2D eigenvalue weighted by atomic mass is 16.6. The van der Waals surface area contributed by atoms with Gasteiger partial charge in [0.05, 0.1) is 6.04 Å². The largest absolute Gasteiger partial charge is 0.445 e. The lowest BCUT2D eigenvalue weighted by Gasteiger charge is -2.49. The minimum absolute atomic E-state index is 0.200. The summed E-state index contributed by atoms with van der Waals surface area (Å²) in [6, 6.07) is 10.0. The predicted octanol–water partition coefficient (Wildman–Crippen LogP) is 2.19. The van der Waals surface area contributed by atoms with Crippen LogP contribution in [0.3, 0.4) is 0 Å². The molecule has 1 fully saturated rings. The highest BCUT2D eigenvalue weighted by molar-refractivity contribution is 5.70. The highest BCUT2D eigenvalue weighted by Gasteiger charge is 2.44. The standard InChI is InChI=1S/C13H13NO2/c15-13(14-8-11-6-7-12(11)14)16-9-10-4-2-1-3-5-10/h1-7,11-12H,8-9H2/t11-,12?/m0/s1. The van der Waals surface area contributed by atoms with E-state index in [0.717, 1.165) is 12.1 Å². The number of amides is 1. The maximum atomic E-state index is 11.7. The molecular formula is C13H13NO2. The Morgan fingerprint density at radius 2 is 2.12 bits per heavy atom. The van der Waals surface area contributed by atoms with Crippen molar-refractivity contribution in [3.8, 4) is 0 Å². The number of nitrogens with zero attached hydrogens (tertiary/aromatic N) is 1. The van der Waals surface area contributed by atoms with E-state index in [-0.39, 0.29) is 6.09 Å². The van der Waals surface area contributed by atoms with Crippen LogP contribution in [0.4, 0.5) is 4.79 Å². The first kappa shape index (κ1) is 9.46. The molecule has 0 N–H and O–H groups in total. The van der Waals surface area contributed by atoms with Gasteiger partial charge in [0, 0.05) is 12.5 Å². The molecule has 82 valence electrons. The Balaban J connectivity index is 1.52. The average Bonchev–Trinajstić information content (AvgIpc) is 2.31. The summed E-state index contributed by atoms with van der Waals surface area (Å²) in [5, 5.41) is 0. The maximum Gasteiger partial charge on any atom is 0.410 e. The Labute approximate surface area is 94.3 Å². The first-order chi connectivity index (χ1) is 7.84. The van der Waals surface area contributed by atoms with E-state index in [2.05, 4.69) is 12.2 Å². The van der Waals surface area contributed by atoms with E-state index in [1.807, 2.05) is 30.3 Å². The zero-order chi connectivity index (χ0) is 11.0. The molecule has 1 unspecified atom stereocenters. The van der Waals surface area contributed by atoms with Crippen molar-refractivity contribution >= 4 is 6.09 Å². The first-order valence-electron chi connectivity index (χ1n) is 5.50. The van der Waals surface area contributed by atoms with Crippen LogP contribution in [0.2, 0.25) is 0 Å². The van der Waals surface area contributed by atoms with Crippen molar-refractivity contribution in [2.75, 3.05) is 6.54 Å². The molecule has 2 aliphatic rings. The quantitative estimate of drug-likeness (QED) is 0.708. The van der Waals surface area contributed by atoms with Crippen molar-refractivity contribution in [3.63, 3.8) is 0 Å². The Hall–Kier alpha value is -1.77. The molecule has 1 heterocycles. The summed E-state index contributed by atoms with van der Waals surface area (Å²) in [4.78, 5) is 13.4. The molecule has 0 saturated carbocycles. The third-order valence-electron chi connectivity index (χ3n) is 3.20. The van der Waals surface area contributed by atoms with E-state index < -0.39 is 0 Å². The van der Waals surface area contributed by atoms with Crippen LogP contribution in [0.15, 0.2) is 42.5 Å². The van der Waals surface area contributed by atoms with E-state index in [1.165, 1.54) is 0 Å². The van der Waals surface area contributed by atoms with E-state index in [9.17, 15) is 4.79 Å². The molecular weight excluding hydrogens is 202 g/mol. The van der Waals surface area contributed by atoms with Crippen molar-refractivity contribution in [2.45, 2.75) is 12.6 Å². The second-order valence-corrected chi connectivity index (χ2v) is 4.23. The molecule has 0 aromatic heterocycles. The summed E-state index contributed by atoms with van der Waals surface area (Å²) < 4.78 is 5.24. The van der Waals surface area contributed by atoms with Crippen molar-refractivity contribution in [1.82, 2.24) is 4.90 Å². The van der Waals surface area contributed by atoms with Crippen molar-refractivity contribution in [3.05, 3.63) is 48.0 Å². The van der Waals surface area contributed by atoms with Crippen LogP contribution in [-0.4, -0.2) is 23.6 Å². The average molecular weight is 215 g/mol. The lowest BCUT2D eigenvalue weighted by molar-refractivity contribution is 0.0263. The number of likely N-dealkylation sites (tertiary alicyclic amines) is 1. The zero-order valence-electron chi connectivity index (χ0n) is 8.87. The Kier molecular flexibility index (Phi) is 2.17. The maximum absolute atomic E-state index is 11.7. The fraction of sp³-hybridized carbons (Fsp3) is 0.308. The molecule has 16 heavy (non-hydrogen) atoms. The SMILES string of the molecule is O=C(OCc1ccccc1)N1C[C@@H]2C=CC21. The van der Waals surface area contributed by atoms with Gasteiger partial charge in [0.15, 0.2) is 0 Å². The first-order valence-corrected chi connectivity index (χ1v) is 5.50. The molecule has 0 bridgehead atoms. The number of carbonyl (C=O) groups excluding carboxylic acids is 1. The molecule has 1 aromatic carbocycles. The molecule has 1 amide bonds. The van der Waals surface area contributed by atoms with Crippen molar-refractivity contribution in [1.29, 1.82) is 0 Å². The lowest BCUT2D eigenvalue weighted by atomic mass is 9.80. The summed E-state index contributed by atoms with van der Waals surface area (Å²) in [6.07, 6.45) is 4.00. The van der Waals surface area contributed by atoms with Gasteiger partial charge in [-0.25, -0.2) is 4.79 Å². The van der Waals surface area contributed by atoms with E-state index >= 15 is 0 Å². The smallest absolute Gasteiger partial charge is 0.410 e. The van der Waals surface area contributed by atoms with Gasteiger partial charge in [-0.15, -0.1) is 0 Å². The zero-order valence-corrected chi connectivity index (χ0v) is 8.87. The van der Waals surface area contributed by atoms with Gasteiger partial charge in [0.25, 0.3) is 0 Å². The summed E-state index contributed by atoms with van der Waals surface area (Å²) in [6.45, 7) is 1.17. The number of fused-ring (bicyclic) bond motifs is 1. The van der Waals surface area contributed by atoms with Gasteiger partial charge < -0.3 is 9.64 Å². The third-order valence-corrected chi connectivity index (χ3v) is 3.20. The monoisotopic (exact) mass is 215 g/mol. The van der Waals surface area contributed by atoms with E-state index in [0.29, 0.717) is 18.6 Å². The highest BCUT2D eigenvalue weighted by Crippen LogP contribution is 2.34. The lowest BCUT2D eigenvalue weighted by Crippen LogP contribution is -2.60. The number of hydrogen-bond donors (Lipinski definition) is 0.